The monoisotopic (exact) mass is 372 g/mol. The number of amides is 2. The number of nitrogens with zero attached hydrogens (tertiary/aromatic N) is 1. The van der Waals surface area contributed by atoms with Crippen LogP contribution in [0.5, 0.6) is 0 Å². The van der Waals surface area contributed by atoms with Crippen LogP contribution in [-0.2, 0) is 27.9 Å². The maximum atomic E-state index is 12.6. The van der Waals surface area contributed by atoms with Crippen molar-refractivity contribution >= 4 is 21.6 Å². The van der Waals surface area contributed by atoms with Crippen LogP contribution in [0.2, 0.25) is 0 Å². The molecule has 2 amide bonds. The summed E-state index contributed by atoms with van der Waals surface area (Å²) in [5, 5.41) is 2.85. The Morgan fingerprint density at radius 1 is 1.04 bits per heavy atom. The highest BCUT2D eigenvalue weighted by Crippen LogP contribution is 2.27. The summed E-state index contributed by atoms with van der Waals surface area (Å²) in [5.74, 6) is 0.0267. The molecular formula is C20H24N2O3S. The van der Waals surface area contributed by atoms with Gasteiger partial charge in [0.05, 0.1) is 17.2 Å². The third kappa shape index (κ3) is 4.25. The molecule has 0 spiro atoms. The second-order valence-electron chi connectivity index (χ2n) is 6.79. The molecule has 1 aliphatic rings. The van der Waals surface area contributed by atoms with Crippen LogP contribution in [0.15, 0.2) is 42.5 Å². The number of fused-ring (bicyclic) bond motifs is 1. The van der Waals surface area contributed by atoms with Crippen LogP contribution in [0.1, 0.15) is 35.6 Å². The third-order valence-electron chi connectivity index (χ3n) is 4.45. The van der Waals surface area contributed by atoms with Gasteiger partial charge in [-0.3, -0.25) is 4.90 Å². The fourth-order valence-electron chi connectivity index (χ4n) is 3.20. The average Bonchev–Trinajstić information content (AvgIpc) is 2.59. The minimum atomic E-state index is -3.26. The van der Waals surface area contributed by atoms with Crippen LogP contribution in [0.3, 0.4) is 0 Å². The lowest BCUT2D eigenvalue weighted by molar-refractivity contribution is 0.244. The Morgan fingerprint density at radius 3 is 2.38 bits per heavy atom. The minimum absolute atomic E-state index is 0.00409. The Morgan fingerprint density at radius 2 is 1.69 bits per heavy atom. The van der Waals surface area contributed by atoms with E-state index in [1.54, 1.807) is 4.90 Å². The quantitative estimate of drug-likeness (QED) is 0.843. The van der Waals surface area contributed by atoms with E-state index in [-0.39, 0.29) is 17.5 Å². The number of rotatable bonds is 6. The number of carbonyl (C=O) groups is 1. The predicted octanol–water partition coefficient (Wildman–Crippen LogP) is 3.55. The molecular weight excluding hydrogens is 348 g/mol. The summed E-state index contributed by atoms with van der Waals surface area (Å²) in [6, 6.07) is 13.0. The smallest absolute Gasteiger partial charge is 0.322 e. The highest BCUT2D eigenvalue weighted by molar-refractivity contribution is 7.89. The van der Waals surface area contributed by atoms with Gasteiger partial charge in [-0.1, -0.05) is 48.9 Å². The normalized spacial score (nSPS) is 14.1. The summed E-state index contributed by atoms with van der Waals surface area (Å²) in [4.78, 5) is 13.7. The second kappa shape index (κ2) is 7.50. The predicted molar refractivity (Wildman–Crippen MR) is 104 cm³/mol. The van der Waals surface area contributed by atoms with E-state index < -0.39 is 9.84 Å². The maximum Gasteiger partial charge on any atom is 0.322 e. The summed E-state index contributed by atoms with van der Waals surface area (Å²) in [6.45, 7) is 5.07. The highest BCUT2D eigenvalue weighted by atomic mass is 32.2. The van der Waals surface area contributed by atoms with Crippen LogP contribution < -0.4 is 10.2 Å². The van der Waals surface area contributed by atoms with E-state index in [9.17, 15) is 13.2 Å². The van der Waals surface area contributed by atoms with Crippen molar-refractivity contribution < 1.29 is 13.2 Å². The van der Waals surface area contributed by atoms with Crippen LogP contribution in [0.25, 0.3) is 0 Å². The number of nitrogens with one attached hydrogen (secondary N) is 1. The molecule has 26 heavy (non-hydrogen) atoms. The first kappa shape index (κ1) is 18.5. The van der Waals surface area contributed by atoms with Gasteiger partial charge in [0.15, 0.2) is 9.84 Å². The van der Waals surface area contributed by atoms with Crippen LogP contribution in [0.4, 0.5) is 10.5 Å². The number of carbonyl (C=O) groups excluding carboxylic acids is 1. The SMILES string of the molecule is CCCN1C(=O)NCc2cc(CS(=O)(=O)Cc3ccc(C)cc3)ccc21. The van der Waals surface area contributed by atoms with Gasteiger partial charge in [-0.15, -0.1) is 0 Å². The van der Waals surface area contributed by atoms with Crippen LogP contribution in [-0.4, -0.2) is 21.0 Å². The Hall–Kier alpha value is -2.34. The fraction of sp³-hybridized carbons (Fsp3) is 0.350. The van der Waals surface area contributed by atoms with Crippen molar-refractivity contribution in [2.45, 2.75) is 38.3 Å². The lowest BCUT2D eigenvalue weighted by Crippen LogP contribution is -2.44. The van der Waals surface area contributed by atoms with Crippen molar-refractivity contribution in [1.29, 1.82) is 0 Å². The highest BCUT2D eigenvalue weighted by Gasteiger charge is 2.23. The van der Waals surface area contributed by atoms with Gasteiger partial charge in [0.2, 0.25) is 0 Å². The standard InChI is InChI=1S/C20H24N2O3S/c1-3-10-22-19-9-8-17(11-18(19)12-21-20(22)23)14-26(24,25)13-16-6-4-15(2)5-7-16/h4-9,11H,3,10,12-14H2,1-2H3,(H,21,23). The number of urea groups is 1. The molecule has 0 saturated heterocycles. The van der Waals surface area contributed by atoms with E-state index in [0.29, 0.717) is 13.1 Å². The molecule has 5 nitrogen and oxygen atoms in total. The summed E-state index contributed by atoms with van der Waals surface area (Å²) in [5.41, 5.74) is 4.49. The second-order valence-corrected chi connectivity index (χ2v) is 8.86. The van der Waals surface area contributed by atoms with Gasteiger partial charge in [-0.05, 0) is 36.1 Å². The van der Waals surface area contributed by atoms with Crippen molar-refractivity contribution in [3.8, 4) is 0 Å². The van der Waals surface area contributed by atoms with Crippen molar-refractivity contribution in [2.75, 3.05) is 11.4 Å². The lowest BCUT2D eigenvalue weighted by Gasteiger charge is -2.30. The van der Waals surface area contributed by atoms with E-state index in [0.717, 1.165) is 34.4 Å². The number of aryl methyl sites for hydroxylation is 1. The van der Waals surface area contributed by atoms with E-state index in [4.69, 9.17) is 0 Å². The molecule has 2 aromatic rings. The summed E-state index contributed by atoms with van der Waals surface area (Å²) < 4.78 is 25.1. The molecule has 6 heteroatoms. The topological polar surface area (TPSA) is 66.5 Å². The first-order chi connectivity index (χ1) is 12.4. The van der Waals surface area contributed by atoms with E-state index in [1.807, 2.05) is 56.3 Å². The van der Waals surface area contributed by atoms with Crippen LogP contribution in [0, 0.1) is 6.92 Å². The maximum absolute atomic E-state index is 12.6. The van der Waals surface area contributed by atoms with Crippen molar-refractivity contribution in [3.63, 3.8) is 0 Å². The number of hydrogen-bond acceptors (Lipinski definition) is 3. The van der Waals surface area contributed by atoms with E-state index in [1.165, 1.54) is 0 Å². The Bertz CT molecular complexity index is 905. The number of sulfone groups is 1. The molecule has 1 aliphatic heterocycles. The molecule has 0 bridgehead atoms. The number of hydrogen-bond donors (Lipinski definition) is 1. The zero-order chi connectivity index (χ0) is 18.7. The molecule has 1 N–H and O–H groups in total. The zero-order valence-electron chi connectivity index (χ0n) is 15.2. The van der Waals surface area contributed by atoms with E-state index >= 15 is 0 Å². The Kier molecular flexibility index (Phi) is 5.32. The summed E-state index contributed by atoms with van der Waals surface area (Å²) in [7, 11) is -3.26. The largest absolute Gasteiger partial charge is 0.334 e. The van der Waals surface area contributed by atoms with Crippen LogP contribution >= 0.6 is 0 Å². The first-order valence-electron chi connectivity index (χ1n) is 8.81. The molecule has 0 unspecified atom stereocenters. The Labute approximate surface area is 154 Å². The molecule has 0 atom stereocenters. The van der Waals surface area contributed by atoms with Gasteiger partial charge in [0.25, 0.3) is 0 Å². The van der Waals surface area contributed by atoms with Crippen molar-refractivity contribution in [1.82, 2.24) is 5.32 Å². The van der Waals surface area contributed by atoms with Crippen molar-refractivity contribution in [3.05, 3.63) is 64.7 Å². The molecule has 0 fully saturated rings. The Balaban J connectivity index is 1.78. The van der Waals surface area contributed by atoms with Crippen molar-refractivity contribution in [2.24, 2.45) is 0 Å². The van der Waals surface area contributed by atoms with Gasteiger partial charge in [-0.2, -0.15) is 0 Å². The van der Waals surface area contributed by atoms with Gasteiger partial charge < -0.3 is 5.32 Å². The fourth-order valence-corrected chi connectivity index (χ4v) is 4.69. The molecule has 0 aliphatic carbocycles. The van der Waals surface area contributed by atoms with Gasteiger partial charge in [0, 0.05) is 13.1 Å². The lowest BCUT2D eigenvalue weighted by atomic mass is 10.1. The van der Waals surface area contributed by atoms with Gasteiger partial charge >= 0.3 is 6.03 Å². The zero-order valence-corrected chi connectivity index (χ0v) is 16.0. The molecule has 0 saturated carbocycles. The van der Waals surface area contributed by atoms with Gasteiger partial charge in [-0.25, -0.2) is 13.2 Å². The molecule has 2 aromatic carbocycles. The van der Waals surface area contributed by atoms with Gasteiger partial charge in [0.1, 0.15) is 0 Å². The minimum Gasteiger partial charge on any atom is -0.334 e. The third-order valence-corrected chi connectivity index (χ3v) is 6.00. The molecule has 1 heterocycles. The summed E-state index contributed by atoms with van der Waals surface area (Å²) in [6.07, 6.45) is 0.861. The molecule has 0 radical (unpaired) electrons. The number of benzene rings is 2. The first-order valence-corrected chi connectivity index (χ1v) is 10.6. The summed E-state index contributed by atoms with van der Waals surface area (Å²) >= 11 is 0. The molecule has 3 rings (SSSR count). The van der Waals surface area contributed by atoms with E-state index in [2.05, 4.69) is 5.32 Å². The molecule has 0 aromatic heterocycles. The number of anilines is 1. The average molecular weight is 372 g/mol. The molecule has 138 valence electrons.